The van der Waals surface area contributed by atoms with Crippen LogP contribution in [0.4, 0.5) is 8.78 Å². The lowest BCUT2D eigenvalue weighted by Gasteiger charge is -2.19. The van der Waals surface area contributed by atoms with E-state index < -0.39 is 23.6 Å². The lowest BCUT2D eigenvalue weighted by molar-refractivity contribution is -0.122. The van der Waals surface area contributed by atoms with Gasteiger partial charge in [0, 0.05) is 20.2 Å². The number of rotatable bonds is 5. The number of nitrogens with zero attached hydrogens (tertiary/aromatic N) is 2. The molecule has 2 heterocycles. The summed E-state index contributed by atoms with van der Waals surface area (Å²) in [6.45, 7) is 0.785. The average Bonchev–Trinajstić information content (AvgIpc) is 3.14. The van der Waals surface area contributed by atoms with Crippen LogP contribution in [-0.2, 0) is 16.1 Å². The smallest absolute Gasteiger partial charge is 0.234 e. The zero-order valence-corrected chi connectivity index (χ0v) is 13.0. The van der Waals surface area contributed by atoms with Crippen molar-refractivity contribution in [2.24, 2.45) is 5.73 Å². The number of carbonyl (C=O) groups is 1. The summed E-state index contributed by atoms with van der Waals surface area (Å²) in [6, 6.07) is 3.06. The van der Waals surface area contributed by atoms with Gasteiger partial charge in [0.25, 0.3) is 0 Å². The molecule has 1 saturated heterocycles. The third-order valence-corrected chi connectivity index (χ3v) is 4.12. The monoisotopic (exact) mass is 337 g/mol. The number of primary amides is 1. The van der Waals surface area contributed by atoms with Gasteiger partial charge in [-0.15, -0.1) is 0 Å². The molecule has 0 unspecified atom stereocenters. The van der Waals surface area contributed by atoms with Crippen LogP contribution in [0.25, 0.3) is 11.5 Å². The maximum absolute atomic E-state index is 13.8. The van der Waals surface area contributed by atoms with E-state index in [1.165, 1.54) is 12.3 Å². The number of halogens is 2. The van der Waals surface area contributed by atoms with Crippen molar-refractivity contribution in [1.82, 2.24) is 9.88 Å². The molecule has 0 saturated carbocycles. The normalized spacial score (nSPS) is 21.3. The third-order valence-electron chi connectivity index (χ3n) is 4.12. The first-order valence-corrected chi connectivity index (χ1v) is 7.44. The van der Waals surface area contributed by atoms with Crippen molar-refractivity contribution in [2.75, 3.05) is 13.7 Å². The minimum absolute atomic E-state index is 0.0992. The Morgan fingerprint density at radius 3 is 2.79 bits per heavy atom. The third kappa shape index (κ3) is 3.15. The molecule has 6 nitrogen and oxygen atoms in total. The van der Waals surface area contributed by atoms with Crippen molar-refractivity contribution >= 4 is 5.91 Å². The number of nitrogens with two attached hydrogens (primary N) is 1. The Morgan fingerprint density at radius 2 is 2.17 bits per heavy atom. The van der Waals surface area contributed by atoms with E-state index in [0.717, 1.165) is 12.1 Å². The molecule has 0 aliphatic carbocycles. The van der Waals surface area contributed by atoms with Crippen molar-refractivity contribution in [3.63, 3.8) is 0 Å². The van der Waals surface area contributed by atoms with E-state index in [1.54, 1.807) is 7.11 Å². The van der Waals surface area contributed by atoms with E-state index in [0.29, 0.717) is 18.7 Å². The molecule has 1 aliphatic rings. The fourth-order valence-electron chi connectivity index (χ4n) is 2.91. The summed E-state index contributed by atoms with van der Waals surface area (Å²) in [5, 5.41) is 0. The number of hydrogen-bond donors (Lipinski definition) is 1. The standard InChI is InChI=1S/C16H17F2N3O3/c1-23-10-5-13(15(19)22)21(7-10)6-9-8-24-16(20-9)14-11(17)3-2-4-12(14)18/h2-4,8,10,13H,5-7H2,1H3,(H2,19,22)/t10-,13-/m0/s1. The lowest BCUT2D eigenvalue weighted by atomic mass is 10.2. The van der Waals surface area contributed by atoms with Crippen molar-refractivity contribution in [3.8, 4) is 11.5 Å². The van der Waals surface area contributed by atoms with Gasteiger partial charge >= 0.3 is 0 Å². The fraction of sp³-hybridized carbons (Fsp3) is 0.375. The van der Waals surface area contributed by atoms with E-state index >= 15 is 0 Å². The highest BCUT2D eigenvalue weighted by Crippen LogP contribution is 2.27. The number of aromatic nitrogens is 1. The molecule has 24 heavy (non-hydrogen) atoms. The molecule has 2 N–H and O–H groups in total. The molecule has 1 amide bonds. The van der Waals surface area contributed by atoms with Crippen molar-refractivity contribution in [2.45, 2.75) is 25.1 Å². The van der Waals surface area contributed by atoms with E-state index in [9.17, 15) is 13.6 Å². The Morgan fingerprint density at radius 1 is 1.46 bits per heavy atom. The molecule has 1 aromatic carbocycles. The highest BCUT2D eigenvalue weighted by atomic mass is 19.1. The van der Waals surface area contributed by atoms with Gasteiger partial charge < -0.3 is 14.9 Å². The van der Waals surface area contributed by atoms with Crippen LogP contribution in [0.5, 0.6) is 0 Å². The summed E-state index contributed by atoms with van der Waals surface area (Å²) in [6.07, 6.45) is 1.72. The number of benzene rings is 1. The van der Waals surface area contributed by atoms with E-state index in [-0.39, 0.29) is 24.1 Å². The van der Waals surface area contributed by atoms with Crippen LogP contribution in [0, 0.1) is 11.6 Å². The molecule has 0 bridgehead atoms. The molecule has 0 spiro atoms. The van der Waals surface area contributed by atoms with E-state index in [2.05, 4.69) is 4.98 Å². The number of hydrogen-bond acceptors (Lipinski definition) is 5. The van der Waals surface area contributed by atoms with Crippen molar-refractivity contribution in [3.05, 3.63) is 41.8 Å². The van der Waals surface area contributed by atoms with Crippen LogP contribution in [0.3, 0.4) is 0 Å². The highest BCUT2D eigenvalue weighted by molar-refractivity contribution is 5.80. The second kappa shape index (κ2) is 6.66. The summed E-state index contributed by atoms with van der Waals surface area (Å²) in [5.74, 6) is -2.09. The molecule has 8 heteroatoms. The topological polar surface area (TPSA) is 81.6 Å². The molecule has 128 valence electrons. The predicted octanol–water partition coefficient (Wildman–Crippen LogP) is 1.69. The van der Waals surface area contributed by atoms with Gasteiger partial charge in [-0.2, -0.15) is 0 Å². The lowest BCUT2D eigenvalue weighted by Crippen LogP contribution is -2.39. The Labute approximate surface area is 137 Å². The van der Waals surface area contributed by atoms with E-state index in [4.69, 9.17) is 14.9 Å². The first-order valence-electron chi connectivity index (χ1n) is 7.44. The molecule has 2 aromatic rings. The highest BCUT2D eigenvalue weighted by Gasteiger charge is 2.36. The molecular formula is C16H17F2N3O3. The summed E-state index contributed by atoms with van der Waals surface area (Å²) in [7, 11) is 1.57. The number of methoxy groups -OCH3 is 1. The molecular weight excluding hydrogens is 320 g/mol. The number of carbonyl (C=O) groups excluding carboxylic acids is 1. The van der Waals surface area contributed by atoms with Gasteiger partial charge in [0.05, 0.1) is 17.8 Å². The quantitative estimate of drug-likeness (QED) is 0.898. The summed E-state index contributed by atoms with van der Waals surface area (Å²) in [5.41, 5.74) is 5.56. The maximum Gasteiger partial charge on any atom is 0.234 e. The average molecular weight is 337 g/mol. The minimum Gasteiger partial charge on any atom is -0.444 e. The molecule has 0 radical (unpaired) electrons. The van der Waals surface area contributed by atoms with Gasteiger partial charge in [0.2, 0.25) is 11.8 Å². The summed E-state index contributed by atoms with van der Waals surface area (Å²) in [4.78, 5) is 17.5. The Balaban J connectivity index is 1.80. The first-order chi connectivity index (χ1) is 11.5. The largest absolute Gasteiger partial charge is 0.444 e. The second-order valence-electron chi connectivity index (χ2n) is 5.68. The zero-order chi connectivity index (χ0) is 17.3. The SMILES string of the molecule is CO[C@H]1C[C@@H](C(N)=O)N(Cc2coc(-c3c(F)cccc3F)n2)C1. The number of oxazole rings is 1. The number of amides is 1. The molecule has 2 atom stereocenters. The van der Waals surface area contributed by atoms with Gasteiger partial charge in [-0.25, -0.2) is 13.8 Å². The summed E-state index contributed by atoms with van der Waals surface area (Å²) >= 11 is 0. The zero-order valence-electron chi connectivity index (χ0n) is 13.0. The summed E-state index contributed by atoms with van der Waals surface area (Å²) < 4.78 is 38.1. The van der Waals surface area contributed by atoms with Crippen LogP contribution in [-0.4, -0.2) is 41.6 Å². The van der Waals surface area contributed by atoms with Crippen molar-refractivity contribution in [1.29, 1.82) is 0 Å². The van der Waals surface area contributed by atoms with Crippen molar-refractivity contribution < 1.29 is 22.7 Å². The Kier molecular flexibility index (Phi) is 4.59. The Hall–Kier alpha value is -2.32. The molecule has 3 rings (SSSR count). The van der Waals surface area contributed by atoms with Gasteiger partial charge in [-0.1, -0.05) is 6.07 Å². The van der Waals surface area contributed by atoms with Crippen LogP contribution in [0.2, 0.25) is 0 Å². The first kappa shape index (κ1) is 16.5. The van der Waals surface area contributed by atoms with Crippen LogP contribution >= 0.6 is 0 Å². The number of likely N-dealkylation sites (tertiary alicyclic amines) is 1. The fourth-order valence-corrected chi connectivity index (χ4v) is 2.91. The molecule has 1 aromatic heterocycles. The molecule has 1 fully saturated rings. The minimum atomic E-state index is -0.751. The second-order valence-corrected chi connectivity index (χ2v) is 5.68. The van der Waals surface area contributed by atoms with Crippen LogP contribution < -0.4 is 5.73 Å². The van der Waals surface area contributed by atoms with Gasteiger partial charge in [0.15, 0.2) is 0 Å². The van der Waals surface area contributed by atoms with Crippen LogP contribution in [0.15, 0.2) is 28.9 Å². The van der Waals surface area contributed by atoms with Gasteiger partial charge in [-0.3, -0.25) is 9.69 Å². The van der Waals surface area contributed by atoms with E-state index in [1.807, 2.05) is 4.90 Å². The predicted molar refractivity (Wildman–Crippen MR) is 80.7 cm³/mol. The maximum atomic E-state index is 13.8. The number of ether oxygens (including phenoxy) is 1. The Bertz CT molecular complexity index is 730. The van der Waals surface area contributed by atoms with Crippen LogP contribution in [0.1, 0.15) is 12.1 Å². The van der Waals surface area contributed by atoms with Gasteiger partial charge in [0.1, 0.15) is 23.5 Å². The van der Waals surface area contributed by atoms with Gasteiger partial charge in [-0.05, 0) is 18.6 Å². The molecule has 1 aliphatic heterocycles.